The van der Waals surface area contributed by atoms with E-state index in [0.717, 1.165) is 18.7 Å². The molecule has 3 atom stereocenters. The van der Waals surface area contributed by atoms with Crippen LogP contribution in [0.1, 0.15) is 39.5 Å². The summed E-state index contributed by atoms with van der Waals surface area (Å²) in [5, 5.41) is 33.8. The minimum Gasteiger partial charge on any atom is -0.507 e. The van der Waals surface area contributed by atoms with Gasteiger partial charge in [-0.25, -0.2) is 4.39 Å². The van der Waals surface area contributed by atoms with Crippen molar-refractivity contribution in [3.8, 4) is 28.1 Å². The van der Waals surface area contributed by atoms with Crippen molar-refractivity contribution in [2.45, 2.75) is 56.7 Å². The molecule has 0 amide bonds. The molecule has 1 aromatic carbocycles. The molecule has 0 spiro atoms. The standard InChI is InChI=1S/C23H26FN7O/c1-22-6-7-23(2,29-22)11-15(10-22)31(3)21-5-4-19(27-28-21)17-8-18(24)16(9-20(17)32)14-12-25-30-26-13-14/h4-5,8-9,12-13,15,29,32H,6-7,10-11H2,1-3H3/t15-,22-,23+. The van der Waals surface area contributed by atoms with E-state index >= 15 is 0 Å². The Morgan fingerprint density at radius 2 is 1.72 bits per heavy atom. The van der Waals surface area contributed by atoms with Crippen LogP contribution in [0.25, 0.3) is 22.4 Å². The molecule has 0 unspecified atom stereocenters. The maximum Gasteiger partial charge on any atom is 0.151 e. The van der Waals surface area contributed by atoms with Gasteiger partial charge in [0.1, 0.15) is 11.6 Å². The van der Waals surface area contributed by atoms with Gasteiger partial charge < -0.3 is 15.3 Å². The Kier molecular flexibility index (Phi) is 4.81. The molecule has 9 heteroatoms. The normalized spacial score (nSPS) is 26.8. The summed E-state index contributed by atoms with van der Waals surface area (Å²) in [6.07, 6.45) is 7.25. The van der Waals surface area contributed by atoms with Crippen LogP contribution in [-0.2, 0) is 0 Å². The van der Waals surface area contributed by atoms with Crippen LogP contribution in [0.5, 0.6) is 5.75 Å². The lowest BCUT2D eigenvalue weighted by molar-refractivity contribution is 0.207. The van der Waals surface area contributed by atoms with Crippen LogP contribution in [0.4, 0.5) is 10.2 Å². The summed E-state index contributed by atoms with van der Waals surface area (Å²) in [7, 11) is 2.05. The van der Waals surface area contributed by atoms with Gasteiger partial charge in [0.2, 0.25) is 0 Å². The number of aromatic nitrogens is 5. The van der Waals surface area contributed by atoms with Crippen LogP contribution in [0.15, 0.2) is 36.7 Å². The van der Waals surface area contributed by atoms with Crippen molar-refractivity contribution in [1.29, 1.82) is 0 Å². The smallest absolute Gasteiger partial charge is 0.151 e. The van der Waals surface area contributed by atoms with Crippen LogP contribution >= 0.6 is 0 Å². The number of benzene rings is 1. The van der Waals surface area contributed by atoms with E-state index in [0.29, 0.717) is 17.3 Å². The zero-order chi connectivity index (χ0) is 22.5. The second kappa shape index (κ2) is 7.44. The Hall–Kier alpha value is -3.20. The first-order chi connectivity index (χ1) is 15.3. The Morgan fingerprint density at radius 1 is 1.03 bits per heavy atom. The Morgan fingerprint density at radius 3 is 2.34 bits per heavy atom. The molecular weight excluding hydrogens is 409 g/mol. The monoisotopic (exact) mass is 435 g/mol. The molecule has 2 aliphatic rings. The quantitative estimate of drug-likeness (QED) is 0.644. The fraction of sp³-hybridized carbons (Fsp3) is 0.435. The highest BCUT2D eigenvalue weighted by molar-refractivity contribution is 5.74. The summed E-state index contributed by atoms with van der Waals surface area (Å²) < 4.78 is 14.8. The van der Waals surface area contributed by atoms with Crippen LogP contribution < -0.4 is 10.2 Å². The van der Waals surface area contributed by atoms with E-state index in [1.165, 1.54) is 37.4 Å². The minimum absolute atomic E-state index is 0.0932. The summed E-state index contributed by atoms with van der Waals surface area (Å²) in [6, 6.07) is 6.60. The molecule has 2 fully saturated rings. The first-order valence-electron chi connectivity index (χ1n) is 10.8. The lowest BCUT2D eigenvalue weighted by atomic mass is 9.84. The number of rotatable bonds is 4. The van der Waals surface area contributed by atoms with Gasteiger partial charge in [0.05, 0.1) is 18.1 Å². The maximum absolute atomic E-state index is 14.8. The van der Waals surface area contributed by atoms with Crippen LogP contribution in [0.3, 0.4) is 0 Å². The highest BCUT2D eigenvalue weighted by Crippen LogP contribution is 2.44. The number of halogens is 1. The highest BCUT2D eigenvalue weighted by Gasteiger charge is 2.49. The van der Waals surface area contributed by atoms with E-state index in [-0.39, 0.29) is 28.0 Å². The van der Waals surface area contributed by atoms with Gasteiger partial charge >= 0.3 is 0 Å². The molecule has 2 saturated heterocycles. The van der Waals surface area contributed by atoms with E-state index in [2.05, 4.69) is 56.7 Å². The third-order valence-corrected chi connectivity index (χ3v) is 6.93. The maximum atomic E-state index is 14.8. The molecule has 4 heterocycles. The molecular formula is C23H26FN7O. The largest absolute Gasteiger partial charge is 0.507 e. The molecule has 166 valence electrons. The first-order valence-corrected chi connectivity index (χ1v) is 10.8. The van der Waals surface area contributed by atoms with Crippen molar-refractivity contribution in [3.05, 3.63) is 42.5 Å². The number of fused-ring (bicyclic) bond motifs is 2. The Bertz CT molecular complexity index is 1130. The summed E-state index contributed by atoms with van der Waals surface area (Å²) in [4.78, 5) is 2.19. The molecule has 3 aromatic rings. The van der Waals surface area contributed by atoms with Gasteiger partial charge in [-0.2, -0.15) is 0 Å². The van der Waals surface area contributed by atoms with Crippen LogP contribution in [0, 0.1) is 5.82 Å². The zero-order valence-electron chi connectivity index (χ0n) is 18.4. The first kappa shape index (κ1) is 20.7. The second-order valence-electron chi connectivity index (χ2n) is 9.58. The van der Waals surface area contributed by atoms with Crippen LogP contribution in [-0.4, -0.2) is 54.9 Å². The minimum atomic E-state index is -0.512. The van der Waals surface area contributed by atoms with E-state index < -0.39 is 5.82 Å². The fourth-order valence-corrected chi connectivity index (χ4v) is 5.31. The van der Waals surface area contributed by atoms with Crippen molar-refractivity contribution in [2.75, 3.05) is 11.9 Å². The van der Waals surface area contributed by atoms with Gasteiger partial charge in [-0.15, -0.1) is 20.4 Å². The van der Waals surface area contributed by atoms with Gasteiger partial charge in [-0.3, -0.25) is 0 Å². The lowest BCUT2D eigenvalue weighted by Gasteiger charge is -2.45. The molecule has 0 aliphatic carbocycles. The van der Waals surface area contributed by atoms with E-state index in [1.54, 1.807) is 6.07 Å². The molecule has 2 aliphatic heterocycles. The zero-order valence-corrected chi connectivity index (χ0v) is 18.4. The topological polar surface area (TPSA) is 100.0 Å². The average Bonchev–Trinajstić information content (AvgIpc) is 3.02. The summed E-state index contributed by atoms with van der Waals surface area (Å²) in [6.45, 7) is 4.60. The molecule has 8 nitrogen and oxygen atoms in total. The predicted molar refractivity (Wildman–Crippen MR) is 119 cm³/mol. The number of aromatic hydroxyl groups is 1. The van der Waals surface area contributed by atoms with Crippen LogP contribution in [0.2, 0.25) is 0 Å². The van der Waals surface area contributed by atoms with Gasteiger partial charge in [-0.1, -0.05) is 0 Å². The van der Waals surface area contributed by atoms with Crippen molar-refractivity contribution in [2.24, 2.45) is 0 Å². The van der Waals surface area contributed by atoms with Gasteiger partial charge in [0.25, 0.3) is 0 Å². The SMILES string of the molecule is CN(c1ccc(-c2cc(F)c(-c3cnnnc3)cc2O)nn1)[C@H]1C[C@]2(C)CC[C@](C)(C1)N2. The number of piperidine rings is 1. The lowest BCUT2D eigenvalue weighted by Crippen LogP contribution is -2.58. The summed E-state index contributed by atoms with van der Waals surface area (Å²) in [5.41, 5.74) is 1.62. The van der Waals surface area contributed by atoms with Gasteiger partial charge in [0.15, 0.2) is 5.82 Å². The van der Waals surface area contributed by atoms with Gasteiger partial charge in [0, 0.05) is 40.9 Å². The van der Waals surface area contributed by atoms with E-state index in [4.69, 9.17) is 0 Å². The number of phenolic OH excluding ortho intramolecular Hbond substituents is 1. The fourth-order valence-electron chi connectivity index (χ4n) is 5.31. The van der Waals surface area contributed by atoms with Gasteiger partial charge in [-0.05, 0) is 69.0 Å². The molecule has 5 rings (SSSR count). The third-order valence-electron chi connectivity index (χ3n) is 6.93. The summed E-state index contributed by atoms with van der Waals surface area (Å²) >= 11 is 0. The molecule has 32 heavy (non-hydrogen) atoms. The molecule has 2 aromatic heterocycles. The second-order valence-corrected chi connectivity index (χ2v) is 9.58. The molecule has 0 radical (unpaired) electrons. The van der Waals surface area contributed by atoms with Crippen molar-refractivity contribution in [3.63, 3.8) is 0 Å². The molecule has 0 saturated carbocycles. The Labute approximate surface area is 185 Å². The number of nitrogens with one attached hydrogen (secondary N) is 1. The Balaban J connectivity index is 1.39. The number of nitrogens with zero attached hydrogens (tertiary/aromatic N) is 6. The van der Waals surface area contributed by atoms with E-state index in [9.17, 15) is 9.50 Å². The molecule has 2 N–H and O–H groups in total. The molecule has 2 bridgehead atoms. The predicted octanol–water partition coefficient (Wildman–Crippen LogP) is 3.34. The van der Waals surface area contributed by atoms with Crippen molar-refractivity contribution < 1.29 is 9.50 Å². The van der Waals surface area contributed by atoms with Crippen molar-refractivity contribution in [1.82, 2.24) is 30.9 Å². The number of hydrogen-bond acceptors (Lipinski definition) is 8. The average molecular weight is 436 g/mol. The van der Waals surface area contributed by atoms with Crippen molar-refractivity contribution >= 4 is 5.82 Å². The highest BCUT2D eigenvalue weighted by atomic mass is 19.1. The summed E-state index contributed by atoms with van der Waals surface area (Å²) in [5.74, 6) is 0.157. The number of anilines is 1. The number of phenols is 1. The number of hydrogen-bond donors (Lipinski definition) is 2. The van der Waals surface area contributed by atoms with E-state index in [1.807, 2.05) is 6.07 Å². The third kappa shape index (κ3) is 3.66.